The highest BCUT2D eigenvalue weighted by Gasteiger charge is 2.23. The van der Waals surface area contributed by atoms with Gasteiger partial charge in [-0.25, -0.2) is 0 Å². The standard InChI is InChI=1S/C24H34N4O4/c1-30-21-7-5-20(6-8-21)24-25-22(32-26-24)3-2-4-23(29)28-13-10-19(11-14-28)9-12-27-15-17-31-18-16-27/h5-8,19H,2-4,9-18H2,1H3. The summed E-state index contributed by atoms with van der Waals surface area (Å²) in [5.41, 5.74) is 0.883. The highest BCUT2D eigenvalue weighted by molar-refractivity contribution is 5.76. The van der Waals surface area contributed by atoms with Crippen molar-refractivity contribution in [2.75, 3.05) is 53.0 Å². The summed E-state index contributed by atoms with van der Waals surface area (Å²) >= 11 is 0. The Kier molecular flexibility index (Phi) is 8.12. The molecule has 1 aromatic heterocycles. The fraction of sp³-hybridized carbons (Fsp3) is 0.625. The lowest BCUT2D eigenvalue weighted by Gasteiger charge is -2.34. The molecular weight excluding hydrogens is 408 g/mol. The van der Waals surface area contributed by atoms with Gasteiger partial charge in [0.25, 0.3) is 0 Å². The second kappa shape index (κ2) is 11.4. The summed E-state index contributed by atoms with van der Waals surface area (Å²) in [6.07, 6.45) is 5.33. The van der Waals surface area contributed by atoms with Crippen molar-refractivity contribution in [3.8, 4) is 17.1 Å². The predicted octanol–water partition coefficient (Wildman–Crippen LogP) is 3.03. The third-order valence-electron chi connectivity index (χ3n) is 6.52. The van der Waals surface area contributed by atoms with Gasteiger partial charge in [0.2, 0.25) is 17.6 Å². The lowest BCUT2D eigenvalue weighted by atomic mass is 9.93. The van der Waals surface area contributed by atoms with Crippen LogP contribution >= 0.6 is 0 Å². The van der Waals surface area contributed by atoms with Crippen molar-refractivity contribution in [1.29, 1.82) is 0 Å². The highest BCUT2D eigenvalue weighted by atomic mass is 16.5. The summed E-state index contributed by atoms with van der Waals surface area (Å²) in [7, 11) is 1.64. The zero-order valence-electron chi connectivity index (χ0n) is 19.0. The molecule has 2 aliphatic rings. The number of ether oxygens (including phenoxy) is 2. The minimum absolute atomic E-state index is 0.242. The van der Waals surface area contributed by atoms with Gasteiger partial charge in [-0.1, -0.05) is 5.16 Å². The summed E-state index contributed by atoms with van der Waals surface area (Å²) in [5, 5.41) is 4.06. The molecule has 2 saturated heterocycles. The SMILES string of the molecule is COc1ccc(-c2noc(CCCC(=O)N3CCC(CCN4CCOCC4)CC3)n2)cc1. The summed E-state index contributed by atoms with van der Waals surface area (Å²) in [4.78, 5) is 21.6. The van der Waals surface area contributed by atoms with Gasteiger partial charge in [0.1, 0.15) is 5.75 Å². The monoisotopic (exact) mass is 442 g/mol. The number of hydrogen-bond acceptors (Lipinski definition) is 7. The molecule has 174 valence electrons. The molecule has 0 unspecified atom stereocenters. The van der Waals surface area contributed by atoms with Gasteiger partial charge in [0, 0.05) is 44.6 Å². The van der Waals surface area contributed by atoms with Crippen molar-refractivity contribution in [1.82, 2.24) is 19.9 Å². The molecule has 2 aromatic rings. The molecule has 1 aromatic carbocycles. The summed E-state index contributed by atoms with van der Waals surface area (Å²) in [6, 6.07) is 7.55. The molecule has 8 nitrogen and oxygen atoms in total. The number of hydrogen-bond donors (Lipinski definition) is 0. The van der Waals surface area contributed by atoms with E-state index in [2.05, 4.69) is 15.0 Å². The van der Waals surface area contributed by atoms with Crippen LogP contribution in [0.4, 0.5) is 0 Å². The zero-order valence-corrected chi connectivity index (χ0v) is 19.0. The van der Waals surface area contributed by atoms with E-state index < -0.39 is 0 Å². The van der Waals surface area contributed by atoms with Crippen molar-refractivity contribution in [2.45, 2.75) is 38.5 Å². The minimum atomic E-state index is 0.242. The Morgan fingerprint density at radius 1 is 1.12 bits per heavy atom. The Balaban J connectivity index is 1.14. The van der Waals surface area contributed by atoms with Crippen molar-refractivity contribution >= 4 is 5.91 Å². The van der Waals surface area contributed by atoms with Crippen LogP contribution in [0.15, 0.2) is 28.8 Å². The number of amides is 1. The van der Waals surface area contributed by atoms with E-state index in [4.69, 9.17) is 14.0 Å². The molecule has 0 atom stereocenters. The summed E-state index contributed by atoms with van der Waals surface area (Å²) in [6.45, 7) is 6.75. The molecule has 0 spiro atoms. The number of aryl methyl sites for hydroxylation is 1. The molecule has 0 radical (unpaired) electrons. The number of morpholine rings is 1. The van der Waals surface area contributed by atoms with E-state index >= 15 is 0 Å². The summed E-state index contributed by atoms with van der Waals surface area (Å²) < 4.78 is 16.0. The molecule has 3 heterocycles. The van der Waals surface area contributed by atoms with Gasteiger partial charge >= 0.3 is 0 Å². The van der Waals surface area contributed by atoms with Crippen LogP contribution in [0.3, 0.4) is 0 Å². The first-order chi connectivity index (χ1) is 15.7. The lowest BCUT2D eigenvalue weighted by Crippen LogP contribution is -2.40. The van der Waals surface area contributed by atoms with Crippen LogP contribution < -0.4 is 4.74 Å². The van der Waals surface area contributed by atoms with Crippen molar-refractivity contribution < 1.29 is 18.8 Å². The molecule has 2 fully saturated rings. The molecular formula is C24H34N4O4. The average molecular weight is 443 g/mol. The first-order valence-corrected chi connectivity index (χ1v) is 11.8. The number of benzene rings is 1. The van der Waals surface area contributed by atoms with E-state index in [1.165, 1.54) is 6.42 Å². The summed E-state index contributed by atoms with van der Waals surface area (Å²) in [5.74, 6) is 2.90. The van der Waals surface area contributed by atoms with Gasteiger partial charge in [-0.2, -0.15) is 4.98 Å². The Morgan fingerprint density at radius 2 is 1.88 bits per heavy atom. The average Bonchev–Trinajstić information content (AvgIpc) is 3.32. The maximum absolute atomic E-state index is 12.6. The van der Waals surface area contributed by atoms with Gasteiger partial charge in [-0.05, 0) is 62.4 Å². The van der Waals surface area contributed by atoms with Gasteiger partial charge < -0.3 is 18.9 Å². The van der Waals surface area contributed by atoms with Crippen molar-refractivity contribution in [3.05, 3.63) is 30.2 Å². The van der Waals surface area contributed by atoms with Crippen LogP contribution in [-0.4, -0.2) is 78.9 Å². The number of carbonyl (C=O) groups excluding carboxylic acids is 1. The molecule has 0 bridgehead atoms. The zero-order chi connectivity index (χ0) is 22.2. The maximum Gasteiger partial charge on any atom is 0.226 e. The third kappa shape index (κ3) is 6.29. The van der Waals surface area contributed by atoms with Crippen LogP contribution in [-0.2, 0) is 16.0 Å². The Labute approximate surface area is 189 Å². The normalized spacial score (nSPS) is 18.1. The second-order valence-corrected chi connectivity index (χ2v) is 8.66. The third-order valence-corrected chi connectivity index (χ3v) is 6.52. The number of piperidine rings is 1. The van der Waals surface area contributed by atoms with Gasteiger partial charge in [0.15, 0.2) is 0 Å². The van der Waals surface area contributed by atoms with Crippen LogP contribution in [0.25, 0.3) is 11.4 Å². The molecule has 4 rings (SSSR count). The van der Waals surface area contributed by atoms with Gasteiger partial charge in [-0.3, -0.25) is 9.69 Å². The first-order valence-electron chi connectivity index (χ1n) is 11.8. The highest BCUT2D eigenvalue weighted by Crippen LogP contribution is 2.23. The molecule has 0 saturated carbocycles. The lowest BCUT2D eigenvalue weighted by molar-refractivity contribution is -0.132. The van der Waals surface area contributed by atoms with E-state index in [0.29, 0.717) is 24.6 Å². The van der Waals surface area contributed by atoms with E-state index in [1.807, 2.05) is 29.2 Å². The molecule has 8 heteroatoms. The van der Waals surface area contributed by atoms with Gasteiger partial charge in [0.05, 0.1) is 20.3 Å². The van der Waals surface area contributed by atoms with Crippen molar-refractivity contribution in [3.63, 3.8) is 0 Å². The topological polar surface area (TPSA) is 80.9 Å². The van der Waals surface area contributed by atoms with Crippen LogP contribution in [0.2, 0.25) is 0 Å². The number of nitrogens with zero attached hydrogens (tertiary/aromatic N) is 4. The number of methoxy groups -OCH3 is 1. The largest absolute Gasteiger partial charge is 0.497 e. The fourth-order valence-corrected chi connectivity index (χ4v) is 4.42. The maximum atomic E-state index is 12.6. The van der Waals surface area contributed by atoms with E-state index in [-0.39, 0.29) is 5.91 Å². The Hall–Kier alpha value is -2.45. The van der Waals surface area contributed by atoms with E-state index in [9.17, 15) is 4.79 Å². The van der Waals surface area contributed by atoms with Crippen LogP contribution in [0.1, 0.15) is 38.0 Å². The first kappa shape index (κ1) is 22.7. The van der Waals surface area contributed by atoms with E-state index in [0.717, 1.165) is 82.4 Å². The molecule has 1 amide bonds. The number of rotatable bonds is 9. The fourth-order valence-electron chi connectivity index (χ4n) is 4.42. The Morgan fingerprint density at radius 3 is 2.59 bits per heavy atom. The number of carbonyl (C=O) groups is 1. The minimum Gasteiger partial charge on any atom is -0.497 e. The van der Waals surface area contributed by atoms with Crippen LogP contribution in [0, 0.1) is 5.92 Å². The van der Waals surface area contributed by atoms with Gasteiger partial charge in [-0.15, -0.1) is 0 Å². The predicted molar refractivity (Wildman–Crippen MR) is 120 cm³/mol. The Bertz CT molecular complexity index is 840. The second-order valence-electron chi connectivity index (χ2n) is 8.66. The molecule has 32 heavy (non-hydrogen) atoms. The number of aromatic nitrogens is 2. The molecule has 0 N–H and O–H groups in total. The number of likely N-dealkylation sites (tertiary alicyclic amines) is 1. The quantitative estimate of drug-likeness (QED) is 0.590. The van der Waals surface area contributed by atoms with Crippen molar-refractivity contribution in [2.24, 2.45) is 5.92 Å². The van der Waals surface area contributed by atoms with E-state index in [1.54, 1.807) is 7.11 Å². The molecule has 2 aliphatic heterocycles. The molecule has 0 aliphatic carbocycles. The van der Waals surface area contributed by atoms with Crippen LogP contribution in [0.5, 0.6) is 5.75 Å². The smallest absolute Gasteiger partial charge is 0.226 e.